The molecular weight excluding hydrogens is 410 g/mol. The topological polar surface area (TPSA) is 43.4 Å². The summed E-state index contributed by atoms with van der Waals surface area (Å²) in [6, 6.07) is 0. The molecule has 6 heteroatoms. The molecular formula is C24H50FNaO3S. The molecule has 1 unspecified atom stereocenters. The van der Waals surface area contributed by atoms with Gasteiger partial charge in [0.2, 0.25) is 5.50 Å². The molecule has 0 N–H and O–H groups in total. The average Bonchev–Trinajstić information content (AvgIpc) is 2.70. The van der Waals surface area contributed by atoms with Crippen LogP contribution in [0.3, 0.4) is 0 Å². The normalized spacial score (nSPS) is 12.6. The van der Waals surface area contributed by atoms with E-state index in [0.717, 1.165) is 25.7 Å². The Hall–Kier alpha value is 0.840. The summed E-state index contributed by atoms with van der Waals surface area (Å²) in [5.41, 5.74) is -1.87. The van der Waals surface area contributed by atoms with Gasteiger partial charge in [0, 0.05) is 0 Å². The van der Waals surface area contributed by atoms with Crippen LogP contribution in [-0.4, -0.2) is 50.1 Å². The quantitative estimate of drug-likeness (QED) is 0.0886. The van der Waals surface area contributed by atoms with Gasteiger partial charge in [0.25, 0.3) is 10.1 Å². The van der Waals surface area contributed by atoms with Crippen molar-refractivity contribution in [2.75, 3.05) is 6.61 Å². The third-order valence-corrected chi connectivity index (χ3v) is 6.95. The van der Waals surface area contributed by atoms with Gasteiger partial charge in [0.1, 0.15) is 0 Å². The van der Waals surface area contributed by atoms with Crippen LogP contribution in [0.4, 0.5) is 4.39 Å². The molecule has 0 bridgehead atoms. The molecule has 30 heavy (non-hydrogen) atoms. The van der Waals surface area contributed by atoms with Gasteiger partial charge < -0.3 is 0 Å². The minimum absolute atomic E-state index is 0. The second kappa shape index (κ2) is 24.5. The first-order chi connectivity index (χ1) is 14.0. The van der Waals surface area contributed by atoms with E-state index < -0.39 is 15.6 Å². The summed E-state index contributed by atoms with van der Waals surface area (Å²) in [7, 11) is -4.04. The fourth-order valence-electron chi connectivity index (χ4n) is 3.60. The monoisotopic (exact) mass is 460 g/mol. The Bertz CT molecular complexity index is 432. The summed E-state index contributed by atoms with van der Waals surface area (Å²) in [5.74, 6) is 0. The summed E-state index contributed by atoms with van der Waals surface area (Å²) >= 11 is 0. The number of unbranched alkanes of at least 4 members (excludes halogenated alkanes) is 17. The van der Waals surface area contributed by atoms with Crippen molar-refractivity contribution >= 4 is 39.7 Å². The van der Waals surface area contributed by atoms with E-state index in [1.54, 1.807) is 0 Å². The van der Waals surface area contributed by atoms with Gasteiger partial charge in [0.15, 0.2) is 0 Å². The van der Waals surface area contributed by atoms with Crippen LogP contribution >= 0.6 is 0 Å². The van der Waals surface area contributed by atoms with Gasteiger partial charge in [0.05, 0.1) is 6.61 Å². The van der Waals surface area contributed by atoms with Crippen molar-refractivity contribution in [2.24, 2.45) is 0 Å². The maximum atomic E-state index is 14.0. The number of rotatable bonds is 23. The molecule has 0 rings (SSSR count). The molecule has 0 spiro atoms. The first kappa shape index (κ1) is 33.0. The van der Waals surface area contributed by atoms with Gasteiger partial charge in [-0.3, -0.25) is 4.18 Å². The molecule has 0 saturated carbocycles. The Labute approximate surface area is 210 Å². The van der Waals surface area contributed by atoms with Crippen molar-refractivity contribution < 1.29 is 17.0 Å². The number of alkyl halides is 1. The molecule has 0 saturated heterocycles. The zero-order chi connectivity index (χ0) is 21.6. The maximum absolute atomic E-state index is 14.0. The van der Waals surface area contributed by atoms with Gasteiger partial charge in [-0.25, -0.2) is 4.39 Å². The third-order valence-electron chi connectivity index (χ3n) is 5.59. The molecule has 3 nitrogen and oxygen atoms in total. The van der Waals surface area contributed by atoms with Crippen LogP contribution in [0.1, 0.15) is 142 Å². The Kier molecular flexibility index (Phi) is 26.9. The average molecular weight is 461 g/mol. The Morgan fingerprint density at radius 3 is 1.33 bits per heavy atom. The molecule has 0 fully saturated rings. The standard InChI is InChI=1S/C24H49FO3S.Na.H/c1-3-5-7-9-11-13-15-17-19-21-23-28-29(26,27)24(25)22-20-18-16-14-12-10-8-6-4-2;;/h24H,3-23H2,1-2H3;;. The molecule has 0 aromatic heterocycles. The number of hydrogen-bond acceptors (Lipinski definition) is 3. The minimum atomic E-state index is -4.04. The van der Waals surface area contributed by atoms with Crippen LogP contribution in [0.25, 0.3) is 0 Å². The fourth-order valence-corrected chi connectivity index (χ4v) is 4.55. The van der Waals surface area contributed by atoms with Crippen molar-refractivity contribution in [3.05, 3.63) is 0 Å². The molecule has 0 amide bonds. The zero-order valence-corrected chi connectivity index (χ0v) is 20.3. The second-order valence-electron chi connectivity index (χ2n) is 8.52. The van der Waals surface area contributed by atoms with Crippen LogP contribution in [0, 0.1) is 0 Å². The van der Waals surface area contributed by atoms with E-state index in [9.17, 15) is 12.8 Å². The Morgan fingerprint density at radius 1 is 0.600 bits per heavy atom. The molecule has 0 aromatic carbocycles. The van der Waals surface area contributed by atoms with E-state index in [2.05, 4.69) is 13.8 Å². The van der Waals surface area contributed by atoms with E-state index in [1.807, 2.05) is 0 Å². The fraction of sp³-hybridized carbons (Fsp3) is 1.00. The van der Waals surface area contributed by atoms with Gasteiger partial charge in [-0.1, -0.05) is 123 Å². The summed E-state index contributed by atoms with van der Waals surface area (Å²) in [4.78, 5) is 0. The molecule has 0 aliphatic heterocycles. The van der Waals surface area contributed by atoms with Crippen LogP contribution in [0.15, 0.2) is 0 Å². The number of halogens is 1. The molecule has 0 aromatic rings. The molecule has 0 aliphatic carbocycles. The zero-order valence-electron chi connectivity index (χ0n) is 19.4. The predicted molar refractivity (Wildman–Crippen MR) is 131 cm³/mol. The van der Waals surface area contributed by atoms with Crippen molar-refractivity contribution in [1.82, 2.24) is 0 Å². The van der Waals surface area contributed by atoms with Crippen molar-refractivity contribution in [1.29, 1.82) is 0 Å². The SMILES string of the molecule is CCCCCCCCCCCCOS(=O)(=O)C(F)CCCCCCCCCCC.[NaH]. The van der Waals surface area contributed by atoms with Crippen LogP contribution in [-0.2, 0) is 14.3 Å². The van der Waals surface area contributed by atoms with E-state index in [1.165, 1.54) is 83.5 Å². The summed E-state index contributed by atoms with van der Waals surface area (Å²) in [5, 5.41) is 0. The van der Waals surface area contributed by atoms with Crippen LogP contribution in [0.2, 0.25) is 0 Å². The van der Waals surface area contributed by atoms with Gasteiger partial charge >= 0.3 is 29.6 Å². The summed E-state index contributed by atoms with van der Waals surface area (Å²) in [6.45, 7) is 4.56. The van der Waals surface area contributed by atoms with Crippen molar-refractivity contribution in [2.45, 2.75) is 148 Å². The Balaban J connectivity index is 0. The third kappa shape index (κ3) is 22.0. The molecule has 178 valence electrons. The Morgan fingerprint density at radius 2 is 0.933 bits per heavy atom. The van der Waals surface area contributed by atoms with E-state index in [0.29, 0.717) is 12.8 Å². The number of hydrogen-bond donors (Lipinski definition) is 0. The van der Waals surface area contributed by atoms with Crippen LogP contribution < -0.4 is 0 Å². The summed E-state index contributed by atoms with van der Waals surface area (Å²) < 4.78 is 42.6. The van der Waals surface area contributed by atoms with Crippen molar-refractivity contribution in [3.63, 3.8) is 0 Å². The van der Waals surface area contributed by atoms with E-state index >= 15 is 0 Å². The van der Waals surface area contributed by atoms with Gasteiger partial charge in [-0.15, -0.1) is 0 Å². The van der Waals surface area contributed by atoms with Gasteiger partial charge in [-0.2, -0.15) is 8.42 Å². The second-order valence-corrected chi connectivity index (χ2v) is 10.3. The molecule has 1 atom stereocenters. The predicted octanol–water partition coefficient (Wildman–Crippen LogP) is 7.82. The van der Waals surface area contributed by atoms with E-state index in [-0.39, 0.29) is 42.6 Å². The van der Waals surface area contributed by atoms with Gasteiger partial charge in [-0.05, 0) is 19.3 Å². The van der Waals surface area contributed by atoms with Crippen molar-refractivity contribution in [3.8, 4) is 0 Å². The molecule has 0 aliphatic rings. The van der Waals surface area contributed by atoms with Crippen LogP contribution in [0.5, 0.6) is 0 Å². The summed E-state index contributed by atoms with van der Waals surface area (Å²) in [6.07, 6.45) is 22.0. The molecule has 0 heterocycles. The molecule has 0 radical (unpaired) electrons. The van der Waals surface area contributed by atoms with E-state index in [4.69, 9.17) is 4.18 Å². The first-order valence-electron chi connectivity index (χ1n) is 12.6. The first-order valence-corrected chi connectivity index (χ1v) is 14.0.